The molecule has 6 rings (SSSR count). The third kappa shape index (κ3) is 7.00. The lowest BCUT2D eigenvalue weighted by molar-refractivity contribution is -0.139. The molecule has 3 unspecified atom stereocenters. The van der Waals surface area contributed by atoms with Crippen LogP contribution in [0.15, 0.2) is 83.8 Å². The van der Waals surface area contributed by atoms with Gasteiger partial charge in [0.15, 0.2) is 5.78 Å². The van der Waals surface area contributed by atoms with Crippen molar-refractivity contribution < 1.29 is 26.7 Å². The minimum absolute atomic E-state index is 0.0800. The zero-order chi connectivity index (χ0) is 31.6. The predicted octanol–water partition coefficient (Wildman–Crippen LogP) is 7.08. The quantitative estimate of drug-likeness (QED) is 0.234. The van der Waals surface area contributed by atoms with Crippen molar-refractivity contribution in [2.24, 2.45) is 29.4 Å². The summed E-state index contributed by atoms with van der Waals surface area (Å²) < 4.78 is 68.8. The van der Waals surface area contributed by atoms with E-state index in [9.17, 15) is 13.2 Å². The molecule has 3 N–H and O–H groups in total. The normalized spacial score (nSPS) is 24.7. The molecule has 3 saturated carbocycles. The van der Waals surface area contributed by atoms with Gasteiger partial charge in [0.25, 0.3) is 5.92 Å². The van der Waals surface area contributed by atoms with E-state index >= 15 is 8.78 Å². The first-order chi connectivity index (χ1) is 21.6. The Morgan fingerprint density at radius 3 is 2.18 bits per heavy atom. The number of nitrogens with two attached hydrogens (primary N) is 1. The van der Waals surface area contributed by atoms with Gasteiger partial charge in [-0.15, -0.1) is 0 Å². The van der Waals surface area contributed by atoms with Gasteiger partial charge in [-0.3, -0.25) is 4.79 Å². The van der Waals surface area contributed by atoms with Crippen LogP contribution in [0.3, 0.4) is 0 Å². The molecule has 6 nitrogen and oxygen atoms in total. The molecule has 0 saturated heterocycles. The molecule has 0 spiro atoms. The van der Waals surface area contributed by atoms with Gasteiger partial charge in [0.2, 0.25) is 10.0 Å². The summed E-state index contributed by atoms with van der Waals surface area (Å²) in [7, 11) is -4.51. The number of ether oxygens (including phenoxy) is 1. The second-order valence-corrected chi connectivity index (χ2v) is 14.9. The van der Waals surface area contributed by atoms with Crippen LogP contribution in [-0.2, 0) is 20.7 Å². The second kappa shape index (κ2) is 13.3. The highest BCUT2D eigenvalue weighted by Crippen LogP contribution is 2.49. The number of ketones is 1. The van der Waals surface area contributed by atoms with Crippen molar-refractivity contribution >= 4 is 15.8 Å². The molecular formula is C36H42F2N2O4S. The summed E-state index contributed by atoms with van der Waals surface area (Å²) >= 11 is 0. The number of benzene rings is 3. The minimum atomic E-state index is -4.51. The van der Waals surface area contributed by atoms with Crippen molar-refractivity contribution in [2.45, 2.75) is 80.7 Å². The second-order valence-electron chi connectivity index (χ2n) is 13.2. The van der Waals surface area contributed by atoms with E-state index in [1.165, 1.54) is 49.6 Å². The molecular weight excluding hydrogens is 594 g/mol. The van der Waals surface area contributed by atoms with E-state index < -0.39 is 39.3 Å². The summed E-state index contributed by atoms with van der Waals surface area (Å²) in [4.78, 5) is 14.0. The first-order valence-corrected chi connectivity index (χ1v) is 17.7. The number of hydrogen-bond acceptors (Lipinski definition) is 5. The van der Waals surface area contributed by atoms with Crippen molar-refractivity contribution in [1.29, 1.82) is 0 Å². The van der Waals surface area contributed by atoms with Gasteiger partial charge < -0.3 is 10.5 Å². The Balaban J connectivity index is 1.28. The molecule has 0 aliphatic heterocycles. The number of alkyl halides is 2. The number of rotatable bonds is 11. The fraction of sp³-hybridized carbons (Fsp3) is 0.472. The fourth-order valence-corrected chi connectivity index (χ4v) is 8.96. The minimum Gasteiger partial charge on any atom is -0.493 e. The SMILES string of the molecule is NC1CC2CCC(C1)C2C(=O)C(NS(=O)(=O)c1ccc(OCC2CCCCC2)cc1)C(F)(F)c1cccc(-c2ccccc2)c1. The molecule has 0 radical (unpaired) electrons. The molecule has 3 aromatic carbocycles. The molecule has 3 aliphatic rings. The third-order valence-electron chi connectivity index (χ3n) is 10.1. The molecule has 0 aromatic heterocycles. The average molecular weight is 637 g/mol. The fourth-order valence-electron chi connectivity index (χ4n) is 7.75. The first kappa shape index (κ1) is 31.8. The summed E-state index contributed by atoms with van der Waals surface area (Å²) in [6.07, 6.45) is 8.45. The Kier molecular flexibility index (Phi) is 9.41. The summed E-state index contributed by atoms with van der Waals surface area (Å²) in [6, 6.07) is 18.3. The number of carbonyl (C=O) groups is 1. The van der Waals surface area contributed by atoms with Gasteiger partial charge in [0.05, 0.1) is 11.5 Å². The first-order valence-electron chi connectivity index (χ1n) is 16.2. The maximum Gasteiger partial charge on any atom is 0.296 e. The van der Waals surface area contributed by atoms with Crippen LogP contribution in [0.2, 0.25) is 0 Å². The molecule has 0 heterocycles. The van der Waals surface area contributed by atoms with Crippen molar-refractivity contribution in [3.63, 3.8) is 0 Å². The maximum atomic E-state index is 16.7. The Morgan fingerprint density at radius 1 is 0.867 bits per heavy atom. The van der Waals surface area contributed by atoms with Gasteiger partial charge in [-0.2, -0.15) is 13.5 Å². The summed E-state index contributed by atoms with van der Waals surface area (Å²) in [5.74, 6) is -4.53. The highest BCUT2D eigenvalue weighted by atomic mass is 32.2. The van der Waals surface area contributed by atoms with Crippen molar-refractivity contribution in [1.82, 2.24) is 4.72 Å². The average Bonchev–Trinajstić information content (AvgIpc) is 3.33. The monoisotopic (exact) mass is 636 g/mol. The van der Waals surface area contributed by atoms with Crippen molar-refractivity contribution in [2.75, 3.05) is 6.61 Å². The van der Waals surface area contributed by atoms with E-state index in [-0.39, 0.29) is 22.8 Å². The Bertz CT molecular complexity index is 1560. The zero-order valence-corrected chi connectivity index (χ0v) is 26.2. The van der Waals surface area contributed by atoms with Gasteiger partial charge in [0.1, 0.15) is 11.8 Å². The summed E-state index contributed by atoms with van der Waals surface area (Å²) in [5, 5.41) is 0. The highest BCUT2D eigenvalue weighted by Gasteiger charge is 2.54. The molecule has 3 aliphatic carbocycles. The third-order valence-corrected chi connectivity index (χ3v) is 11.5. The number of fused-ring (bicyclic) bond motifs is 2. The van der Waals surface area contributed by atoms with Gasteiger partial charge in [-0.25, -0.2) is 8.42 Å². The van der Waals surface area contributed by atoms with Crippen LogP contribution in [0.1, 0.15) is 63.4 Å². The molecule has 3 fully saturated rings. The van der Waals surface area contributed by atoms with E-state index in [0.29, 0.717) is 36.7 Å². The number of halogens is 2. The van der Waals surface area contributed by atoms with Crippen LogP contribution < -0.4 is 15.2 Å². The number of Topliss-reactive ketones (excluding diaryl/α,β-unsaturated/α-hetero) is 1. The maximum absolute atomic E-state index is 16.7. The van der Waals surface area contributed by atoms with Gasteiger partial charge in [-0.1, -0.05) is 67.8 Å². The lowest BCUT2D eigenvalue weighted by atomic mass is 9.72. The standard InChI is InChI=1S/C36H42F2N2O4S/c37-36(38,29-13-7-12-26(20-29)25-10-5-2-6-11-25)35(34(41)33-27-14-15-28(33)22-30(39)21-27)40-45(42,43)32-18-16-31(17-19-32)44-23-24-8-3-1-4-9-24/h2,5-7,10-13,16-20,24,27-28,30,33,35,40H,1,3-4,8-9,14-15,21-23,39H2. The number of sulfonamides is 1. The lowest BCUT2D eigenvalue weighted by Crippen LogP contribution is -2.55. The van der Waals surface area contributed by atoms with Crippen molar-refractivity contribution in [3.05, 3.63) is 84.4 Å². The number of hydrogen-bond donors (Lipinski definition) is 2. The van der Waals surface area contributed by atoms with Crippen LogP contribution in [-0.4, -0.2) is 32.9 Å². The molecule has 45 heavy (non-hydrogen) atoms. The largest absolute Gasteiger partial charge is 0.493 e. The zero-order valence-electron chi connectivity index (χ0n) is 25.4. The molecule has 9 heteroatoms. The van der Waals surface area contributed by atoms with Gasteiger partial charge >= 0.3 is 0 Å². The van der Waals surface area contributed by atoms with Crippen LogP contribution in [0.25, 0.3) is 11.1 Å². The predicted molar refractivity (Wildman–Crippen MR) is 170 cm³/mol. The summed E-state index contributed by atoms with van der Waals surface area (Å²) in [6.45, 7) is 0.558. The summed E-state index contributed by atoms with van der Waals surface area (Å²) in [5.41, 5.74) is 7.09. The van der Waals surface area contributed by atoms with Crippen molar-refractivity contribution in [3.8, 4) is 16.9 Å². The van der Waals surface area contributed by atoms with E-state index in [1.54, 1.807) is 18.2 Å². The topological polar surface area (TPSA) is 98.5 Å². The molecule has 2 bridgehead atoms. The van der Waals surface area contributed by atoms with Crippen LogP contribution in [0.5, 0.6) is 5.75 Å². The number of nitrogens with one attached hydrogen (secondary N) is 1. The van der Waals surface area contributed by atoms with E-state index in [1.807, 2.05) is 30.3 Å². The molecule has 0 amide bonds. The van der Waals surface area contributed by atoms with Crippen LogP contribution in [0.4, 0.5) is 8.78 Å². The molecule has 240 valence electrons. The smallest absolute Gasteiger partial charge is 0.296 e. The molecule has 3 atom stereocenters. The number of carbonyl (C=O) groups excluding carboxylic acids is 1. The Hall–Kier alpha value is -3.14. The van der Waals surface area contributed by atoms with E-state index in [2.05, 4.69) is 4.72 Å². The lowest BCUT2D eigenvalue weighted by Gasteiger charge is -2.36. The van der Waals surface area contributed by atoms with Gasteiger partial charge in [0, 0.05) is 17.5 Å². The Labute approximate surface area is 264 Å². The highest BCUT2D eigenvalue weighted by molar-refractivity contribution is 7.89. The van der Waals surface area contributed by atoms with E-state index in [0.717, 1.165) is 31.2 Å². The molecule has 3 aromatic rings. The van der Waals surface area contributed by atoms with Gasteiger partial charge in [-0.05, 0) is 97.7 Å². The van der Waals surface area contributed by atoms with Crippen LogP contribution in [0, 0.1) is 23.7 Å². The van der Waals surface area contributed by atoms with E-state index in [4.69, 9.17) is 10.5 Å². The van der Waals surface area contributed by atoms with Crippen LogP contribution >= 0.6 is 0 Å². The Morgan fingerprint density at radius 2 is 1.51 bits per heavy atom.